The van der Waals surface area contributed by atoms with Gasteiger partial charge in [0.1, 0.15) is 0 Å². The lowest BCUT2D eigenvalue weighted by Crippen LogP contribution is -2.38. The third-order valence-electron chi connectivity index (χ3n) is 4.61. The molecule has 0 radical (unpaired) electrons. The summed E-state index contributed by atoms with van der Waals surface area (Å²) in [6.45, 7) is 13.4. The Morgan fingerprint density at radius 1 is 1.36 bits per heavy atom. The molecule has 4 nitrogen and oxygen atoms in total. The van der Waals surface area contributed by atoms with Gasteiger partial charge in [-0.25, -0.2) is 4.98 Å². The van der Waals surface area contributed by atoms with Crippen LogP contribution in [0.15, 0.2) is 6.20 Å². The van der Waals surface area contributed by atoms with Crippen molar-refractivity contribution in [2.24, 2.45) is 0 Å². The first-order valence-electron chi connectivity index (χ1n) is 8.89. The second kappa shape index (κ2) is 9.48. The zero-order chi connectivity index (χ0) is 15.8. The highest BCUT2D eigenvalue weighted by Crippen LogP contribution is 2.22. The fourth-order valence-electron chi connectivity index (χ4n) is 3.13. The van der Waals surface area contributed by atoms with Crippen LogP contribution in [0.1, 0.15) is 51.3 Å². The molecular weight excluding hydrogens is 292 g/mol. The summed E-state index contributed by atoms with van der Waals surface area (Å²) < 4.78 is 0. The number of piperidine rings is 1. The number of rotatable bonds is 9. The normalized spacial score (nSPS) is 19.5. The molecule has 0 aromatic carbocycles. The summed E-state index contributed by atoms with van der Waals surface area (Å²) in [5.74, 6) is 0. The number of anilines is 1. The first-order valence-corrected chi connectivity index (χ1v) is 9.70. The SMILES string of the molecule is CCN(CC)c1ncc(CNCCCN2CCCCC2C)s1. The van der Waals surface area contributed by atoms with Crippen molar-refractivity contribution in [2.75, 3.05) is 37.6 Å². The molecule has 0 saturated carbocycles. The van der Waals surface area contributed by atoms with E-state index >= 15 is 0 Å². The van der Waals surface area contributed by atoms with Gasteiger partial charge in [-0.2, -0.15) is 0 Å². The molecule has 5 heteroatoms. The summed E-state index contributed by atoms with van der Waals surface area (Å²) in [5, 5.41) is 4.73. The van der Waals surface area contributed by atoms with Gasteiger partial charge < -0.3 is 15.1 Å². The van der Waals surface area contributed by atoms with Crippen LogP contribution in [0.25, 0.3) is 0 Å². The molecule has 0 bridgehead atoms. The molecule has 0 aliphatic carbocycles. The summed E-state index contributed by atoms with van der Waals surface area (Å²) in [5.41, 5.74) is 0. The largest absolute Gasteiger partial charge is 0.349 e. The topological polar surface area (TPSA) is 31.4 Å². The third kappa shape index (κ3) is 5.21. The minimum atomic E-state index is 0.784. The average Bonchev–Trinajstić information content (AvgIpc) is 2.99. The Morgan fingerprint density at radius 2 is 2.18 bits per heavy atom. The van der Waals surface area contributed by atoms with E-state index in [1.165, 1.54) is 43.6 Å². The Bertz CT molecular complexity index is 417. The third-order valence-corrected chi connectivity index (χ3v) is 5.67. The lowest BCUT2D eigenvalue weighted by atomic mass is 10.0. The number of hydrogen-bond donors (Lipinski definition) is 1. The van der Waals surface area contributed by atoms with Gasteiger partial charge >= 0.3 is 0 Å². The number of nitrogens with zero attached hydrogens (tertiary/aromatic N) is 3. The molecule has 1 aromatic heterocycles. The van der Waals surface area contributed by atoms with E-state index in [2.05, 4.69) is 40.9 Å². The second-order valence-corrected chi connectivity index (χ2v) is 7.29. The predicted molar refractivity (Wildman–Crippen MR) is 96.9 cm³/mol. The van der Waals surface area contributed by atoms with E-state index in [1.54, 1.807) is 0 Å². The maximum absolute atomic E-state index is 4.54. The van der Waals surface area contributed by atoms with E-state index in [-0.39, 0.29) is 0 Å². The number of nitrogens with one attached hydrogen (secondary N) is 1. The van der Waals surface area contributed by atoms with Crippen molar-refractivity contribution in [3.8, 4) is 0 Å². The lowest BCUT2D eigenvalue weighted by molar-refractivity contribution is 0.159. The summed E-state index contributed by atoms with van der Waals surface area (Å²) in [6.07, 6.45) is 7.44. The number of hydrogen-bond acceptors (Lipinski definition) is 5. The summed E-state index contributed by atoms with van der Waals surface area (Å²) >= 11 is 1.82. The zero-order valence-corrected chi connectivity index (χ0v) is 15.3. The van der Waals surface area contributed by atoms with Gasteiger partial charge in [0.2, 0.25) is 0 Å². The second-order valence-electron chi connectivity index (χ2n) is 6.19. The number of aromatic nitrogens is 1. The zero-order valence-electron chi connectivity index (χ0n) is 14.5. The Hall–Kier alpha value is -0.650. The molecule has 1 unspecified atom stereocenters. The van der Waals surface area contributed by atoms with E-state index in [4.69, 9.17) is 0 Å². The molecule has 22 heavy (non-hydrogen) atoms. The van der Waals surface area contributed by atoms with E-state index in [9.17, 15) is 0 Å². The van der Waals surface area contributed by atoms with E-state index in [0.29, 0.717) is 0 Å². The van der Waals surface area contributed by atoms with E-state index < -0.39 is 0 Å². The quantitative estimate of drug-likeness (QED) is 0.706. The first kappa shape index (κ1) is 17.7. The predicted octanol–water partition coefficient (Wildman–Crippen LogP) is 3.34. The van der Waals surface area contributed by atoms with Crippen molar-refractivity contribution < 1.29 is 0 Å². The van der Waals surface area contributed by atoms with Gasteiger partial charge in [-0.15, -0.1) is 11.3 Å². The van der Waals surface area contributed by atoms with Crippen molar-refractivity contribution in [3.63, 3.8) is 0 Å². The van der Waals surface area contributed by atoms with Crippen LogP contribution in [0.2, 0.25) is 0 Å². The molecule has 0 amide bonds. The van der Waals surface area contributed by atoms with Crippen LogP contribution in [0, 0.1) is 0 Å². The molecule has 1 N–H and O–H groups in total. The minimum absolute atomic E-state index is 0.784. The van der Waals surface area contributed by atoms with E-state index in [1.807, 2.05) is 17.5 Å². The van der Waals surface area contributed by atoms with Gasteiger partial charge in [-0.1, -0.05) is 6.42 Å². The molecule has 1 atom stereocenters. The Balaban J connectivity index is 1.62. The van der Waals surface area contributed by atoms with Crippen LogP contribution >= 0.6 is 11.3 Å². The lowest BCUT2D eigenvalue weighted by Gasteiger charge is -2.33. The molecule has 2 heterocycles. The molecule has 1 aliphatic rings. The molecule has 1 aliphatic heterocycles. The summed E-state index contributed by atoms with van der Waals surface area (Å²) in [6, 6.07) is 0.784. The van der Waals surface area contributed by atoms with Gasteiger partial charge in [0.25, 0.3) is 0 Å². The number of thiazole rings is 1. The fraction of sp³-hybridized carbons (Fsp3) is 0.824. The monoisotopic (exact) mass is 324 g/mol. The highest BCUT2D eigenvalue weighted by Gasteiger charge is 2.17. The standard InChI is InChI=1S/C17H32N4S/c1-4-20(5-2)17-19-14-16(22-17)13-18-10-8-12-21-11-7-6-9-15(21)3/h14-15,18H,4-13H2,1-3H3. The first-order chi connectivity index (χ1) is 10.7. The molecule has 2 rings (SSSR count). The van der Waals surface area contributed by atoms with Crippen LogP contribution in [0.4, 0.5) is 5.13 Å². The van der Waals surface area contributed by atoms with Gasteiger partial charge in [-0.05, 0) is 59.7 Å². The maximum atomic E-state index is 4.54. The van der Waals surface area contributed by atoms with Crippen molar-refractivity contribution in [2.45, 2.75) is 59.0 Å². The minimum Gasteiger partial charge on any atom is -0.349 e. The van der Waals surface area contributed by atoms with Gasteiger partial charge in [0, 0.05) is 36.8 Å². The highest BCUT2D eigenvalue weighted by molar-refractivity contribution is 7.15. The smallest absolute Gasteiger partial charge is 0.185 e. The van der Waals surface area contributed by atoms with Gasteiger partial charge in [0.15, 0.2) is 5.13 Å². The molecule has 1 aromatic rings. The molecule has 0 spiro atoms. The van der Waals surface area contributed by atoms with Crippen molar-refractivity contribution in [1.82, 2.24) is 15.2 Å². The highest BCUT2D eigenvalue weighted by atomic mass is 32.1. The van der Waals surface area contributed by atoms with Crippen molar-refractivity contribution in [1.29, 1.82) is 0 Å². The van der Waals surface area contributed by atoms with E-state index in [0.717, 1.165) is 37.4 Å². The molecule has 1 saturated heterocycles. The van der Waals surface area contributed by atoms with Crippen molar-refractivity contribution >= 4 is 16.5 Å². The van der Waals surface area contributed by atoms with Gasteiger partial charge in [-0.3, -0.25) is 0 Å². The maximum Gasteiger partial charge on any atom is 0.185 e. The van der Waals surface area contributed by atoms with Gasteiger partial charge in [0.05, 0.1) is 0 Å². The van der Waals surface area contributed by atoms with Crippen LogP contribution in [0.5, 0.6) is 0 Å². The Kier molecular flexibility index (Phi) is 7.63. The Labute approximate surface area is 139 Å². The van der Waals surface area contributed by atoms with Crippen LogP contribution in [0.3, 0.4) is 0 Å². The number of likely N-dealkylation sites (tertiary alicyclic amines) is 1. The average molecular weight is 325 g/mol. The molecule has 126 valence electrons. The van der Waals surface area contributed by atoms with Crippen molar-refractivity contribution in [3.05, 3.63) is 11.1 Å². The summed E-state index contributed by atoms with van der Waals surface area (Å²) in [7, 11) is 0. The Morgan fingerprint density at radius 3 is 2.91 bits per heavy atom. The van der Waals surface area contributed by atoms with Crippen LogP contribution < -0.4 is 10.2 Å². The summed E-state index contributed by atoms with van der Waals surface area (Å²) in [4.78, 5) is 10.8. The van der Waals surface area contributed by atoms with Crippen LogP contribution in [-0.2, 0) is 6.54 Å². The van der Waals surface area contributed by atoms with Crippen LogP contribution in [-0.4, -0.2) is 48.6 Å². The molecular formula is C17H32N4S. The fourth-order valence-corrected chi connectivity index (χ4v) is 4.13. The molecule has 1 fully saturated rings.